The van der Waals surface area contributed by atoms with Crippen molar-refractivity contribution in [3.8, 4) is 0 Å². The second-order valence-electron chi connectivity index (χ2n) is 5.69. The summed E-state index contributed by atoms with van der Waals surface area (Å²) in [6, 6.07) is 8.32. The second-order valence-corrected chi connectivity index (χ2v) is 5.69. The normalized spacial score (nSPS) is 27.6. The number of rotatable bonds is 3. The Labute approximate surface area is 132 Å². The van der Waals surface area contributed by atoms with E-state index in [4.69, 9.17) is 4.74 Å². The number of halogens is 1. The van der Waals surface area contributed by atoms with E-state index in [9.17, 15) is 4.79 Å². The fourth-order valence-electron chi connectivity index (χ4n) is 3.22. The van der Waals surface area contributed by atoms with Gasteiger partial charge in [-0.25, -0.2) is 0 Å². The van der Waals surface area contributed by atoms with Gasteiger partial charge >= 0.3 is 0 Å². The van der Waals surface area contributed by atoms with Crippen molar-refractivity contribution < 1.29 is 9.53 Å². The Hall–Kier alpha value is -1.10. The molecule has 0 bridgehead atoms. The number of hydrogen-bond donors (Lipinski definition) is 2. The molecular weight excluding hydrogens is 288 g/mol. The van der Waals surface area contributed by atoms with Gasteiger partial charge in [0.15, 0.2) is 0 Å². The molecule has 1 saturated heterocycles. The quantitative estimate of drug-likeness (QED) is 0.892. The highest BCUT2D eigenvalue weighted by atomic mass is 35.5. The minimum atomic E-state index is -0.222. The minimum Gasteiger partial charge on any atom is -0.375 e. The average molecular weight is 311 g/mol. The molecule has 1 heterocycles. The summed E-state index contributed by atoms with van der Waals surface area (Å²) < 4.78 is 5.52. The van der Waals surface area contributed by atoms with Crippen LogP contribution < -0.4 is 10.6 Å². The van der Waals surface area contributed by atoms with Crippen LogP contribution in [0.4, 0.5) is 0 Å². The van der Waals surface area contributed by atoms with Crippen molar-refractivity contribution in [1.82, 2.24) is 10.6 Å². The van der Waals surface area contributed by atoms with Gasteiger partial charge in [-0.3, -0.25) is 4.79 Å². The largest absolute Gasteiger partial charge is 0.375 e. The number of carbonyl (C=O) groups excluding carboxylic acids is 1. The van der Waals surface area contributed by atoms with Crippen molar-refractivity contribution in [3.63, 3.8) is 0 Å². The molecule has 0 radical (unpaired) electrons. The minimum absolute atomic E-state index is 0. The molecule has 0 saturated carbocycles. The first-order chi connectivity index (χ1) is 9.75. The number of hydrogen-bond acceptors (Lipinski definition) is 3. The molecule has 1 aliphatic heterocycles. The second kappa shape index (κ2) is 7.25. The Bertz CT molecular complexity index is 495. The van der Waals surface area contributed by atoms with E-state index in [1.165, 1.54) is 11.1 Å². The molecule has 0 spiro atoms. The molecule has 1 aromatic carbocycles. The first-order valence-electron chi connectivity index (χ1n) is 7.46. The van der Waals surface area contributed by atoms with Crippen molar-refractivity contribution in [2.45, 2.75) is 37.8 Å². The van der Waals surface area contributed by atoms with Crippen LogP contribution in [0, 0.1) is 0 Å². The topological polar surface area (TPSA) is 50.4 Å². The molecule has 3 rings (SSSR count). The van der Waals surface area contributed by atoms with E-state index >= 15 is 0 Å². The molecule has 1 aromatic rings. The van der Waals surface area contributed by atoms with Crippen molar-refractivity contribution >= 4 is 18.3 Å². The van der Waals surface area contributed by atoms with Crippen LogP contribution in [-0.4, -0.2) is 37.7 Å². The molecule has 3 atom stereocenters. The van der Waals surface area contributed by atoms with E-state index < -0.39 is 0 Å². The Balaban J connectivity index is 0.00000161. The van der Waals surface area contributed by atoms with Gasteiger partial charge in [0.25, 0.3) is 0 Å². The highest BCUT2D eigenvalue weighted by Gasteiger charge is 2.29. The molecule has 2 aliphatic rings. The third-order valence-corrected chi connectivity index (χ3v) is 4.38. The van der Waals surface area contributed by atoms with Crippen LogP contribution in [0.3, 0.4) is 0 Å². The van der Waals surface area contributed by atoms with Crippen molar-refractivity contribution in [3.05, 3.63) is 35.4 Å². The van der Waals surface area contributed by atoms with Gasteiger partial charge < -0.3 is 15.4 Å². The fraction of sp³-hybridized carbons (Fsp3) is 0.562. The molecule has 1 aliphatic carbocycles. The van der Waals surface area contributed by atoms with Gasteiger partial charge in [0.1, 0.15) is 6.04 Å². The Morgan fingerprint density at radius 2 is 2.24 bits per heavy atom. The van der Waals surface area contributed by atoms with Gasteiger partial charge in [-0.1, -0.05) is 24.3 Å². The van der Waals surface area contributed by atoms with E-state index in [2.05, 4.69) is 34.9 Å². The SMILES string of the molecule is C[C@H]1OCCN[C@@H]1C(=O)NCC1CCc2ccccc21.Cl. The predicted molar refractivity (Wildman–Crippen MR) is 85.0 cm³/mol. The average Bonchev–Trinajstić information content (AvgIpc) is 2.88. The fourth-order valence-corrected chi connectivity index (χ4v) is 3.22. The number of carbonyl (C=O) groups is 1. The standard InChI is InChI=1S/C16H22N2O2.ClH/c1-11-15(17-8-9-20-11)16(19)18-10-13-7-6-12-4-2-3-5-14(12)13;/h2-5,11,13,15,17H,6-10H2,1H3,(H,18,19);1H/t11-,13?,15+;/m1./s1. The van der Waals surface area contributed by atoms with Crippen LogP contribution in [0.5, 0.6) is 0 Å². The Morgan fingerprint density at radius 3 is 3.05 bits per heavy atom. The molecule has 1 fully saturated rings. The highest BCUT2D eigenvalue weighted by molar-refractivity contribution is 5.85. The lowest BCUT2D eigenvalue weighted by atomic mass is 10.0. The van der Waals surface area contributed by atoms with Crippen molar-refractivity contribution in [2.75, 3.05) is 19.7 Å². The van der Waals surface area contributed by atoms with Gasteiger partial charge in [0, 0.05) is 19.0 Å². The van der Waals surface area contributed by atoms with Crippen LogP contribution in [0.15, 0.2) is 24.3 Å². The van der Waals surface area contributed by atoms with E-state index in [1.54, 1.807) is 0 Å². The zero-order valence-corrected chi connectivity index (χ0v) is 13.1. The Kier molecular flexibility index (Phi) is 5.62. The number of ether oxygens (including phenoxy) is 1. The summed E-state index contributed by atoms with van der Waals surface area (Å²) in [6.45, 7) is 4.09. The number of nitrogens with one attached hydrogen (secondary N) is 2. The number of fused-ring (bicyclic) bond motifs is 1. The number of aryl methyl sites for hydroxylation is 1. The summed E-state index contributed by atoms with van der Waals surface area (Å²) in [7, 11) is 0. The lowest BCUT2D eigenvalue weighted by molar-refractivity contribution is -0.129. The van der Waals surface area contributed by atoms with Crippen LogP contribution in [0.25, 0.3) is 0 Å². The number of benzene rings is 1. The smallest absolute Gasteiger partial charge is 0.239 e. The zero-order chi connectivity index (χ0) is 13.9. The van der Waals surface area contributed by atoms with Crippen LogP contribution in [0.2, 0.25) is 0 Å². The number of amides is 1. The third kappa shape index (κ3) is 3.57. The molecule has 21 heavy (non-hydrogen) atoms. The van der Waals surface area contributed by atoms with Crippen LogP contribution >= 0.6 is 12.4 Å². The molecule has 4 nitrogen and oxygen atoms in total. The van der Waals surface area contributed by atoms with Gasteiger partial charge in [0.2, 0.25) is 5.91 Å². The molecular formula is C16H23ClN2O2. The van der Waals surface area contributed by atoms with Crippen molar-refractivity contribution in [2.24, 2.45) is 0 Å². The van der Waals surface area contributed by atoms with Gasteiger partial charge in [-0.2, -0.15) is 0 Å². The predicted octanol–water partition coefficient (Wildman–Crippen LogP) is 1.63. The summed E-state index contributed by atoms with van der Waals surface area (Å²) in [5, 5.41) is 6.31. The third-order valence-electron chi connectivity index (χ3n) is 4.38. The molecule has 5 heteroatoms. The molecule has 1 amide bonds. The van der Waals surface area contributed by atoms with E-state index in [0.717, 1.165) is 25.9 Å². The first kappa shape index (κ1) is 16.3. The Morgan fingerprint density at radius 1 is 1.43 bits per heavy atom. The highest BCUT2D eigenvalue weighted by Crippen LogP contribution is 2.32. The summed E-state index contributed by atoms with van der Waals surface area (Å²) in [5.74, 6) is 0.511. The maximum absolute atomic E-state index is 12.2. The monoisotopic (exact) mass is 310 g/mol. The molecule has 116 valence electrons. The zero-order valence-electron chi connectivity index (χ0n) is 12.3. The summed E-state index contributed by atoms with van der Waals surface area (Å²) in [6.07, 6.45) is 2.20. The van der Waals surface area contributed by atoms with Crippen molar-refractivity contribution in [1.29, 1.82) is 0 Å². The van der Waals surface area contributed by atoms with Gasteiger partial charge in [-0.05, 0) is 30.9 Å². The lowest BCUT2D eigenvalue weighted by Crippen LogP contribution is -2.55. The molecule has 1 unspecified atom stereocenters. The first-order valence-corrected chi connectivity index (χ1v) is 7.46. The summed E-state index contributed by atoms with van der Waals surface area (Å²) in [4.78, 5) is 12.2. The summed E-state index contributed by atoms with van der Waals surface area (Å²) >= 11 is 0. The van der Waals surface area contributed by atoms with E-state index in [1.807, 2.05) is 6.92 Å². The van der Waals surface area contributed by atoms with Gasteiger partial charge in [0.05, 0.1) is 12.7 Å². The van der Waals surface area contributed by atoms with E-state index in [0.29, 0.717) is 12.5 Å². The lowest BCUT2D eigenvalue weighted by Gasteiger charge is -2.29. The maximum atomic E-state index is 12.2. The molecule has 2 N–H and O–H groups in total. The summed E-state index contributed by atoms with van der Waals surface area (Å²) in [5.41, 5.74) is 2.83. The maximum Gasteiger partial charge on any atom is 0.239 e. The number of morpholine rings is 1. The van der Waals surface area contributed by atoms with Gasteiger partial charge in [-0.15, -0.1) is 12.4 Å². The van der Waals surface area contributed by atoms with E-state index in [-0.39, 0.29) is 30.5 Å². The van der Waals surface area contributed by atoms with Crippen LogP contribution in [0.1, 0.15) is 30.4 Å². The van der Waals surface area contributed by atoms with Crippen LogP contribution in [-0.2, 0) is 16.0 Å². The molecule has 0 aromatic heterocycles.